The van der Waals surface area contributed by atoms with Crippen molar-refractivity contribution in [1.82, 2.24) is 15.1 Å². The second-order valence-electron chi connectivity index (χ2n) is 5.44. The number of aryl methyl sites for hydroxylation is 1. The summed E-state index contributed by atoms with van der Waals surface area (Å²) in [5, 5.41) is 16.8. The van der Waals surface area contributed by atoms with Crippen LogP contribution in [0.25, 0.3) is 0 Å². The Morgan fingerprint density at radius 1 is 1.36 bits per heavy atom. The van der Waals surface area contributed by atoms with Gasteiger partial charge in [0.1, 0.15) is 18.4 Å². The van der Waals surface area contributed by atoms with Crippen LogP contribution in [-0.4, -0.2) is 29.0 Å². The van der Waals surface area contributed by atoms with E-state index in [9.17, 15) is 0 Å². The molecule has 0 bridgehead atoms. The molecule has 0 amide bonds. The topological polar surface area (TPSA) is 62.9 Å². The number of nitrogens with one attached hydrogen (secondary N) is 1. The second-order valence-corrected chi connectivity index (χ2v) is 5.44. The summed E-state index contributed by atoms with van der Waals surface area (Å²) in [4.78, 5) is 0. The van der Waals surface area contributed by atoms with Crippen LogP contribution in [0, 0.1) is 18.3 Å². The van der Waals surface area contributed by atoms with Gasteiger partial charge in [0.15, 0.2) is 0 Å². The fraction of sp³-hybridized carbons (Fsp3) is 0.412. The zero-order valence-corrected chi connectivity index (χ0v) is 13.3. The van der Waals surface area contributed by atoms with Gasteiger partial charge in [-0.2, -0.15) is 10.4 Å². The highest BCUT2D eigenvalue weighted by Gasteiger charge is 2.14. The molecule has 1 aromatic carbocycles. The van der Waals surface area contributed by atoms with E-state index in [1.807, 2.05) is 42.2 Å². The number of benzene rings is 1. The molecule has 2 aromatic rings. The van der Waals surface area contributed by atoms with Crippen LogP contribution in [0.1, 0.15) is 31.0 Å². The molecule has 0 aliphatic carbocycles. The van der Waals surface area contributed by atoms with Crippen LogP contribution >= 0.6 is 0 Å². The number of para-hydroxylation sites is 1. The van der Waals surface area contributed by atoms with Crippen LogP contribution in [0.2, 0.25) is 0 Å². The van der Waals surface area contributed by atoms with Crippen molar-refractivity contribution in [1.29, 1.82) is 5.26 Å². The maximum absolute atomic E-state index is 9.01. The molecule has 22 heavy (non-hydrogen) atoms. The Labute approximate surface area is 131 Å². The monoisotopic (exact) mass is 298 g/mol. The SMILES string of the molecule is Cc1cnn(C(C)C(C)NCCOc2ccccc2C#N)c1. The fourth-order valence-corrected chi connectivity index (χ4v) is 2.19. The Kier molecular flexibility index (Phi) is 5.56. The molecule has 5 nitrogen and oxygen atoms in total. The van der Waals surface area contributed by atoms with E-state index in [0.717, 1.165) is 5.56 Å². The first kappa shape index (κ1) is 16.1. The summed E-state index contributed by atoms with van der Waals surface area (Å²) in [7, 11) is 0. The summed E-state index contributed by atoms with van der Waals surface area (Å²) in [6.45, 7) is 7.54. The summed E-state index contributed by atoms with van der Waals surface area (Å²) in [5.74, 6) is 0.634. The van der Waals surface area contributed by atoms with Crippen molar-refractivity contribution in [3.05, 3.63) is 47.8 Å². The molecule has 0 radical (unpaired) electrons. The minimum atomic E-state index is 0.264. The largest absolute Gasteiger partial charge is 0.491 e. The van der Waals surface area contributed by atoms with E-state index in [2.05, 4.69) is 30.3 Å². The van der Waals surface area contributed by atoms with Crippen molar-refractivity contribution in [3.63, 3.8) is 0 Å². The van der Waals surface area contributed by atoms with Gasteiger partial charge in [0.05, 0.1) is 17.8 Å². The molecule has 5 heteroatoms. The summed E-state index contributed by atoms with van der Waals surface area (Å²) in [5.41, 5.74) is 1.73. The van der Waals surface area contributed by atoms with Crippen LogP contribution < -0.4 is 10.1 Å². The molecule has 1 aromatic heterocycles. The third-order valence-corrected chi connectivity index (χ3v) is 3.70. The van der Waals surface area contributed by atoms with Gasteiger partial charge in [0.2, 0.25) is 0 Å². The number of aromatic nitrogens is 2. The Morgan fingerprint density at radius 3 is 2.82 bits per heavy atom. The lowest BCUT2D eigenvalue weighted by Crippen LogP contribution is -2.36. The van der Waals surface area contributed by atoms with Crippen molar-refractivity contribution in [3.8, 4) is 11.8 Å². The predicted octanol–water partition coefficient (Wildman–Crippen LogP) is 2.68. The standard InChI is InChI=1S/C17H22N4O/c1-13-11-20-21(12-13)15(3)14(2)19-8-9-22-17-7-5-4-6-16(17)10-18/h4-7,11-12,14-15,19H,8-9H2,1-3H3. The van der Waals surface area contributed by atoms with Crippen molar-refractivity contribution >= 4 is 0 Å². The fourth-order valence-electron chi connectivity index (χ4n) is 2.19. The number of ether oxygens (including phenoxy) is 1. The highest BCUT2D eigenvalue weighted by molar-refractivity contribution is 5.42. The number of nitriles is 1. The highest BCUT2D eigenvalue weighted by atomic mass is 16.5. The lowest BCUT2D eigenvalue weighted by molar-refractivity contribution is 0.288. The van der Waals surface area contributed by atoms with Crippen LogP contribution in [-0.2, 0) is 0 Å². The van der Waals surface area contributed by atoms with Crippen molar-refractivity contribution in [2.75, 3.05) is 13.2 Å². The number of rotatable bonds is 7. The summed E-state index contributed by atoms with van der Waals surface area (Å²) >= 11 is 0. The van der Waals surface area contributed by atoms with E-state index in [1.54, 1.807) is 6.07 Å². The third-order valence-electron chi connectivity index (χ3n) is 3.70. The lowest BCUT2D eigenvalue weighted by Gasteiger charge is -2.22. The van der Waals surface area contributed by atoms with Crippen molar-refractivity contribution < 1.29 is 4.74 Å². The average molecular weight is 298 g/mol. The molecule has 116 valence electrons. The predicted molar refractivity (Wildman–Crippen MR) is 85.8 cm³/mol. The van der Waals surface area contributed by atoms with E-state index in [0.29, 0.717) is 24.5 Å². The minimum Gasteiger partial charge on any atom is -0.491 e. The van der Waals surface area contributed by atoms with Crippen LogP contribution in [0.4, 0.5) is 0 Å². The van der Waals surface area contributed by atoms with Gasteiger partial charge in [0, 0.05) is 18.8 Å². The summed E-state index contributed by atoms with van der Waals surface area (Å²) in [6.07, 6.45) is 3.91. The molecule has 2 unspecified atom stereocenters. The van der Waals surface area contributed by atoms with Gasteiger partial charge in [-0.15, -0.1) is 0 Å². The van der Waals surface area contributed by atoms with E-state index < -0.39 is 0 Å². The van der Waals surface area contributed by atoms with Crippen molar-refractivity contribution in [2.24, 2.45) is 0 Å². The van der Waals surface area contributed by atoms with E-state index in [1.165, 1.54) is 0 Å². The van der Waals surface area contributed by atoms with Crippen molar-refractivity contribution in [2.45, 2.75) is 32.9 Å². The highest BCUT2D eigenvalue weighted by Crippen LogP contribution is 2.16. The van der Waals surface area contributed by atoms with Gasteiger partial charge >= 0.3 is 0 Å². The zero-order chi connectivity index (χ0) is 15.9. The zero-order valence-electron chi connectivity index (χ0n) is 13.3. The van der Waals surface area contributed by atoms with Gasteiger partial charge in [-0.1, -0.05) is 12.1 Å². The first-order valence-corrected chi connectivity index (χ1v) is 7.48. The first-order valence-electron chi connectivity index (χ1n) is 7.48. The van der Waals surface area contributed by atoms with E-state index >= 15 is 0 Å². The molecular weight excluding hydrogens is 276 g/mol. The first-order chi connectivity index (χ1) is 10.6. The Hall–Kier alpha value is -2.32. The summed E-state index contributed by atoms with van der Waals surface area (Å²) < 4.78 is 7.63. The molecule has 0 aliphatic heterocycles. The maximum Gasteiger partial charge on any atom is 0.137 e. The number of nitrogens with zero attached hydrogens (tertiary/aromatic N) is 3. The quantitative estimate of drug-likeness (QED) is 0.798. The Bertz CT molecular complexity index is 644. The van der Waals surface area contributed by atoms with E-state index in [4.69, 9.17) is 10.00 Å². The molecule has 0 spiro atoms. The van der Waals surface area contributed by atoms with Gasteiger partial charge in [-0.25, -0.2) is 0 Å². The third kappa shape index (κ3) is 4.09. The van der Waals surface area contributed by atoms with Crippen LogP contribution in [0.3, 0.4) is 0 Å². The molecule has 0 aliphatic rings. The Morgan fingerprint density at radius 2 is 2.14 bits per heavy atom. The molecule has 2 rings (SSSR count). The Balaban J connectivity index is 1.78. The smallest absolute Gasteiger partial charge is 0.137 e. The van der Waals surface area contributed by atoms with E-state index in [-0.39, 0.29) is 12.1 Å². The van der Waals surface area contributed by atoms with Gasteiger partial charge in [-0.05, 0) is 38.5 Å². The average Bonchev–Trinajstić information content (AvgIpc) is 2.97. The normalized spacial score (nSPS) is 13.4. The lowest BCUT2D eigenvalue weighted by atomic mass is 10.2. The number of hydrogen-bond acceptors (Lipinski definition) is 4. The number of hydrogen-bond donors (Lipinski definition) is 1. The van der Waals surface area contributed by atoms with Gasteiger partial charge in [0.25, 0.3) is 0 Å². The molecule has 1 heterocycles. The maximum atomic E-state index is 9.01. The molecular formula is C17H22N4O. The van der Waals surface area contributed by atoms with Gasteiger partial charge in [-0.3, -0.25) is 4.68 Å². The minimum absolute atomic E-state index is 0.264. The van der Waals surface area contributed by atoms with Crippen LogP contribution in [0.15, 0.2) is 36.7 Å². The second kappa shape index (κ2) is 7.62. The molecule has 1 N–H and O–H groups in total. The molecule has 0 saturated carbocycles. The summed E-state index contributed by atoms with van der Waals surface area (Å²) in [6, 6.07) is 9.94. The molecule has 0 saturated heterocycles. The molecule has 2 atom stereocenters. The van der Waals surface area contributed by atoms with Crippen LogP contribution in [0.5, 0.6) is 5.75 Å². The van der Waals surface area contributed by atoms with Gasteiger partial charge < -0.3 is 10.1 Å². The molecule has 0 fully saturated rings.